The van der Waals surface area contributed by atoms with Crippen molar-refractivity contribution in [3.05, 3.63) is 46.7 Å². The molecule has 0 spiro atoms. The van der Waals surface area contributed by atoms with Crippen LogP contribution in [0.15, 0.2) is 28.7 Å². The number of methoxy groups -OCH3 is 1. The van der Waals surface area contributed by atoms with Gasteiger partial charge in [-0.3, -0.25) is 19.3 Å². The van der Waals surface area contributed by atoms with Gasteiger partial charge in [0.25, 0.3) is 0 Å². The first-order chi connectivity index (χ1) is 12.6. The van der Waals surface area contributed by atoms with Crippen molar-refractivity contribution in [2.45, 2.75) is 25.8 Å². The van der Waals surface area contributed by atoms with E-state index in [-0.39, 0.29) is 5.97 Å². The zero-order valence-corrected chi connectivity index (χ0v) is 14.5. The molecule has 0 fully saturated rings. The molecule has 6 heteroatoms. The zero-order chi connectivity index (χ0) is 18.3. The lowest BCUT2D eigenvalue weighted by atomic mass is 9.85. The number of fused-ring (bicyclic) bond motifs is 5. The van der Waals surface area contributed by atoms with E-state index in [1.165, 1.54) is 7.11 Å². The predicted molar refractivity (Wildman–Crippen MR) is 93.0 cm³/mol. The number of carbonyl (C=O) groups is 3. The van der Waals surface area contributed by atoms with Gasteiger partial charge in [0.1, 0.15) is 11.5 Å². The molecular formula is C20H19NO5. The second kappa shape index (κ2) is 6.53. The number of benzene rings is 1. The summed E-state index contributed by atoms with van der Waals surface area (Å²) in [4.78, 5) is 38.4. The van der Waals surface area contributed by atoms with Crippen molar-refractivity contribution < 1.29 is 23.5 Å². The number of esters is 1. The highest BCUT2D eigenvalue weighted by atomic mass is 16.5. The molecule has 2 aromatic rings. The maximum Gasteiger partial charge on any atom is 0.305 e. The van der Waals surface area contributed by atoms with E-state index < -0.39 is 11.6 Å². The van der Waals surface area contributed by atoms with E-state index in [2.05, 4.69) is 9.64 Å². The van der Waals surface area contributed by atoms with Crippen LogP contribution >= 0.6 is 0 Å². The Morgan fingerprint density at radius 3 is 2.73 bits per heavy atom. The molecule has 2 heterocycles. The molecule has 0 amide bonds. The SMILES string of the molecule is COC(=O)CCCN1CCc2c(oc3c2C(=O)C(=O)c2ccccc2-3)C1. The normalized spacial score (nSPS) is 16.0. The highest BCUT2D eigenvalue weighted by molar-refractivity contribution is 6.53. The average Bonchev–Trinajstić information content (AvgIpc) is 3.05. The van der Waals surface area contributed by atoms with E-state index in [0.29, 0.717) is 48.3 Å². The van der Waals surface area contributed by atoms with Gasteiger partial charge in [-0.05, 0) is 19.4 Å². The highest BCUT2D eigenvalue weighted by Gasteiger charge is 2.38. The summed E-state index contributed by atoms with van der Waals surface area (Å²) in [6.07, 6.45) is 1.76. The Bertz CT molecular complexity index is 911. The van der Waals surface area contributed by atoms with Crippen LogP contribution in [0, 0.1) is 0 Å². The molecule has 0 atom stereocenters. The van der Waals surface area contributed by atoms with Crippen LogP contribution in [0.4, 0.5) is 0 Å². The lowest BCUT2D eigenvalue weighted by Gasteiger charge is -2.25. The van der Waals surface area contributed by atoms with Crippen molar-refractivity contribution in [2.24, 2.45) is 0 Å². The molecule has 1 aliphatic carbocycles. The standard InChI is InChI=1S/C20H19NO5/c1-25-16(22)7-4-9-21-10-8-14-15(11-21)26-20-13-6-3-2-5-12(13)18(23)19(24)17(14)20/h2-3,5-6H,4,7-11H2,1H3. The molecule has 0 N–H and O–H groups in total. The average molecular weight is 353 g/mol. The summed E-state index contributed by atoms with van der Waals surface area (Å²) in [6, 6.07) is 7.08. The minimum absolute atomic E-state index is 0.211. The van der Waals surface area contributed by atoms with Crippen LogP contribution in [-0.2, 0) is 22.5 Å². The summed E-state index contributed by atoms with van der Waals surface area (Å²) in [5.74, 6) is 0.126. The van der Waals surface area contributed by atoms with E-state index in [0.717, 1.165) is 24.4 Å². The Balaban J connectivity index is 1.60. The summed E-state index contributed by atoms with van der Waals surface area (Å²) in [7, 11) is 1.39. The van der Waals surface area contributed by atoms with Crippen LogP contribution in [0.3, 0.4) is 0 Å². The van der Waals surface area contributed by atoms with Gasteiger partial charge in [-0.25, -0.2) is 0 Å². The summed E-state index contributed by atoms with van der Waals surface area (Å²) in [5, 5.41) is 0. The van der Waals surface area contributed by atoms with Crippen LogP contribution in [0.25, 0.3) is 11.3 Å². The fraction of sp³-hybridized carbons (Fsp3) is 0.350. The lowest BCUT2D eigenvalue weighted by molar-refractivity contribution is -0.140. The van der Waals surface area contributed by atoms with Crippen LogP contribution in [0.1, 0.15) is 44.9 Å². The molecule has 1 aromatic heterocycles. The molecule has 0 saturated carbocycles. The monoisotopic (exact) mass is 353 g/mol. The minimum atomic E-state index is -0.470. The van der Waals surface area contributed by atoms with Crippen LogP contribution in [0.2, 0.25) is 0 Å². The molecule has 0 bridgehead atoms. The molecule has 2 aliphatic rings. The molecule has 26 heavy (non-hydrogen) atoms. The molecule has 134 valence electrons. The van der Waals surface area contributed by atoms with Crippen LogP contribution in [-0.4, -0.2) is 42.6 Å². The van der Waals surface area contributed by atoms with Gasteiger partial charge in [-0.15, -0.1) is 0 Å². The molecule has 1 aromatic carbocycles. The Hall–Kier alpha value is -2.73. The molecule has 0 unspecified atom stereocenters. The maximum atomic E-state index is 12.6. The minimum Gasteiger partial charge on any atom is -0.469 e. The van der Waals surface area contributed by atoms with Gasteiger partial charge >= 0.3 is 5.97 Å². The molecule has 6 nitrogen and oxygen atoms in total. The number of hydrogen-bond donors (Lipinski definition) is 0. The van der Waals surface area contributed by atoms with Gasteiger partial charge in [0, 0.05) is 29.7 Å². The molecule has 0 radical (unpaired) electrons. The van der Waals surface area contributed by atoms with Gasteiger partial charge < -0.3 is 9.15 Å². The number of rotatable bonds is 4. The zero-order valence-electron chi connectivity index (χ0n) is 14.5. The van der Waals surface area contributed by atoms with Crippen molar-refractivity contribution in [3.8, 4) is 11.3 Å². The lowest BCUT2D eigenvalue weighted by Crippen LogP contribution is -2.32. The number of ketones is 2. The van der Waals surface area contributed by atoms with Gasteiger partial charge in [0.2, 0.25) is 11.6 Å². The number of ether oxygens (including phenoxy) is 1. The summed E-state index contributed by atoms with van der Waals surface area (Å²) >= 11 is 0. The van der Waals surface area contributed by atoms with Crippen molar-refractivity contribution in [1.29, 1.82) is 0 Å². The number of carbonyl (C=O) groups excluding carboxylic acids is 3. The van der Waals surface area contributed by atoms with E-state index in [4.69, 9.17) is 4.42 Å². The third-order valence-corrected chi connectivity index (χ3v) is 5.07. The summed E-state index contributed by atoms with van der Waals surface area (Å²) in [5.41, 5.74) is 2.40. The second-order valence-electron chi connectivity index (χ2n) is 6.62. The Kier molecular flexibility index (Phi) is 4.20. The Morgan fingerprint density at radius 2 is 1.96 bits per heavy atom. The Morgan fingerprint density at radius 1 is 1.19 bits per heavy atom. The maximum absolute atomic E-state index is 12.6. The second-order valence-corrected chi connectivity index (χ2v) is 6.62. The molecule has 0 saturated heterocycles. The third-order valence-electron chi connectivity index (χ3n) is 5.07. The topological polar surface area (TPSA) is 76.8 Å². The van der Waals surface area contributed by atoms with Crippen LogP contribution < -0.4 is 0 Å². The summed E-state index contributed by atoms with van der Waals surface area (Å²) < 4.78 is 10.7. The highest BCUT2D eigenvalue weighted by Crippen LogP contribution is 2.40. The number of furan rings is 1. The van der Waals surface area contributed by atoms with E-state index in [1.807, 2.05) is 12.1 Å². The number of nitrogens with zero attached hydrogens (tertiary/aromatic N) is 1. The van der Waals surface area contributed by atoms with Crippen molar-refractivity contribution in [3.63, 3.8) is 0 Å². The quantitative estimate of drug-likeness (QED) is 0.621. The van der Waals surface area contributed by atoms with E-state index in [9.17, 15) is 14.4 Å². The summed E-state index contributed by atoms with van der Waals surface area (Å²) in [6.45, 7) is 2.10. The van der Waals surface area contributed by atoms with Gasteiger partial charge in [0.05, 0.1) is 19.2 Å². The Labute approximate surface area is 150 Å². The first-order valence-corrected chi connectivity index (χ1v) is 8.72. The van der Waals surface area contributed by atoms with E-state index in [1.54, 1.807) is 12.1 Å². The van der Waals surface area contributed by atoms with Gasteiger partial charge in [0.15, 0.2) is 0 Å². The van der Waals surface area contributed by atoms with Crippen molar-refractivity contribution >= 4 is 17.5 Å². The fourth-order valence-corrected chi connectivity index (χ4v) is 3.74. The molecule has 1 aliphatic heterocycles. The largest absolute Gasteiger partial charge is 0.469 e. The number of Topliss-reactive ketones (excluding diaryl/α,β-unsaturated/α-hetero) is 2. The van der Waals surface area contributed by atoms with Crippen molar-refractivity contribution in [2.75, 3.05) is 20.2 Å². The van der Waals surface area contributed by atoms with Crippen molar-refractivity contribution in [1.82, 2.24) is 4.90 Å². The van der Waals surface area contributed by atoms with Crippen LogP contribution in [0.5, 0.6) is 0 Å². The van der Waals surface area contributed by atoms with E-state index >= 15 is 0 Å². The fourth-order valence-electron chi connectivity index (χ4n) is 3.74. The predicted octanol–water partition coefficient (Wildman–Crippen LogP) is 2.64. The first-order valence-electron chi connectivity index (χ1n) is 8.72. The first kappa shape index (κ1) is 16.7. The van der Waals surface area contributed by atoms with Gasteiger partial charge in [-0.1, -0.05) is 24.3 Å². The molecule has 4 rings (SSSR count). The third kappa shape index (κ3) is 2.66. The molecular weight excluding hydrogens is 334 g/mol. The van der Waals surface area contributed by atoms with Gasteiger partial charge in [-0.2, -0.15) is 0 Å². The number of hydrogen-bond acceptors (Lipinski definition) is 6. The smallest absolute Gasteiger partial charge is 0.305 e.